The second-order valence-corrected chi connectivity index (χ2v) is 4.98. The van der Waals surface area contributed by atoms with Crippen molar-refractivity contribution in [1.29, 1.82) is 0 Å². The standard InChI is InChI=1S/C17H19NO/c1-19-16-10-5-9-15(13-16)17(18-11-6-12-18)14-7-3-2-4-8-14/h2-5,7-10,13,17H,6,11-12H2,1H3. The van der Waals surface area contributed by atoms with Crippen molar-refractivity contribution in [1.82, 2.24) is 4.90 Å². The van der Waals surface area contributed by atoms with Gasteiger partial charge in [0.25, 0.3) is 0 Å². The van der Waals surface area contributed by atoms with E-state index in [1.807, 2.05) is 6.07 Å². The number of nitrogens with zero attached hydrogens (tertiary/aromatic N) is 1. The molecular formula is C17H19NO. The van der Waals surface area contributed by atoms with Gasteiger partial charge in [0.2, 0.25) is 0 Å². The summed E-state index contributed by atoms with van der Waals surface area (Å²) in [6.07, 6.45) is 1.30. The maximum absolute atomic E-state index is 5.35. The van der Waals surface area contributed by atoms with Crippen LogP contribution < -0.4 is 4.74 Å². The molecule has 3 rings (SSSR count). The van der Waals surface area contributed by atoms with Crippen molar-refractivity contribution in [3.05, 3.63) is 65.7 Å². The Labute approximate surface area is 114 Å². The quantitative estimate of drug-likeness (QED) is 0.827. The highest BCUT2D eigenvalue weighted by atomic mass is 16.5. The molecule has 1 aliphatic heterocycles. The minimum atomic E-state index is 0.352. The summed E-state index contributed by atoms with van der Waals surface area (Å²) in [6.45, 7) is 2.35. The second kappa shape index (κ2) is 5.45. The predicted octanol–water partition coefficient (Wildman–Crippen LogP) is 3.49. The minimum Gasteiger partial charge on any atom is -0.497 e. The van der Waals surface area contributed by atoms with Crippen LogP contribution in [0.4, 0.5) is 0 Å². The van der Waals surface area contributed by atoms with Crippen molar-refractivity contribution in [2.24, 2.45) is 0 Å². The number of hydrogen-bond acceptors (Lipinski definition) is 2. The van der Waals surface area contributed by atoms with Gasteiger partial charge in [-0.2, -0.15) is 0 Å². The average Bonchev–Trinajstić information content (AvgIpc) is 2.43. The molecule has 0 bridgehead atoms. The van der Waals surface area contributed by atoms with Crippen LogP contribution in [-0.4, -0.2) is 25.1 Å². The van der Waals surface area contributed by atoms with Crippen molar-refractivity contribution in [2.45, 2.75) is 12.5 Å². The molecular weight excluding hydrogens is 234 g/mol. The van der Waals surface area contributed by atoms with Gasteiger partial charge in [0.1, 0.15) is 5.75 Å². The molecule has 1 unspecified atom stereocenters. The molecule has 2 aromatic rings. The molecule has 0 radical (unpaired) electrons. The lowest BCUT2D eigenvalue weighted by Crippen LogP contribution is -2.40. The summed E-state index contributed by atoms with van der Waals surface area (Å²) < 4.78 is 5.35. The Balaban J connectivity index is 1.99. The average molecular weight is 253 g/mol. The van der Waals surface area contributed by atoms with Crippen LogP contribution in [-0.2, 0) is 0 Å². The first-order valence-electron chi connectivity index (χ1n) is 6.81. The van der Waals surface area contributed by atoms with E-state index >= 15 is 0 Å². The molecule has 0 aliphatic carbocycles. The lowest BCUT2D eigenvalue weighted by atomic mass is 9.94. The maximum Gasteiger partial charge on any atom is 0.119 e. The zero-order valence-corrected chi connectivity index (χ0v) is 11.3. The van der Waals surface area contributed by atoms with Gasteiger partial charge in [0, 0.05) is 13.1 Å². The Hall–Kier alpha value is -1.80. The van der Waals surface area contributed by atoms with Crippen LogP contribution in [0.25, 0.3) is 0 Å². The Bertz CT molecular complexity index is 534. The fraction of sp³-hybridized carbons (Fsp3) is 0.294. The first-order chi connectivity index (χ1) is 9.38. The molecule has 1 saturated heterocycles. The van der Waals surface area contributed by atoms with E-state index in [2.05, 4.69) is 53.4 Å². The molecule has 2 nitrogen and oxygen atoms in total. The third kappa shape index (κ3) is 2.49. The van der Waals surface area contributed by atoms with E-state index in [1.165, 1.54) is 30.6 Å². The summed E-state index contributed by atoms with van der Waals surface area (Å²) in [5.74, 6) is 0.930. The number of likely N-dealkylation sites (tertiary alicyclic amines) is 1. The van der Waals surface area contributed by atoms with E-state index in [9.17, 15) is 0 Å². The molecule has 0 saturated carbocycles. The van der Waals surface area contributed by atoms with Crippen molar-refractivity contribution in [3.8, 4) is 5.75 Å². The number of ether oxygens (including phenoxy) is 1. The van der Waals surface area contributed by atoms with Crippen LogP contribution in [0.15, 0.2) is 54.6 Å². The van der Waals surface area contributed by atoms with Crippen molar-refractivity contribution in [2.75, 3.05) is 20.2 Å². The van der Waals surface area contributed by atoms with E-state index < -0.39 is 0 Å². The normalized spacial score (nSPS) is 16.7. The molecule has 1 atom stereocenters. The number of methoxy groups -OCH3 is 1. The second-order valence-electron chi connectivity index (χ2n) is 4.98. The van der Waals surface area contributed by atoms with E-state index in [4.69, 9.17) is 4.74 Å². The van der Waals surface area contributed by atoms with Gasteiger partial charge in [-0.3, -0.25) is 4.90 Å². The highest BCUT2D eigenvalue weighted by molar-refractivity contribution is 5.37. The number of hydrogen-bond donors (Lipinski definition) is 0. The zero-order chi connectivity index (χ0) is 13.1. The first kappa shape index (κ1) is 12.2. The first-order valence-corrected chi connectivity index (χ1v) is 6.81. The maximum atomic E-state index is 5.35. The molecule has 1 fully saturated rings. The van der Waals surface area contributed by atoms with Gasteiger partial charge < -0.3 is 4.74 Å². The molecule has 1 heterocycles. The third-order valence-electron chi connectivity index (χ3n) is 3.78. The SMILES string of the molecule is COc1cccc(C(c2ccccc2)N2CCC2)c1. The van der Waals surface area contributed by atoms with Gasteiger partial charge in [-0.25, -0.2) is 0 Å². The Morgan fingerprint density at radius 3 is 2.32 bits per heavy atom. The fourth-order valence-electron chi connectivity index (χ4n) is 2.66. The minimum absolute atomic E-state index is 0.352. The molecule has 0 spiro atoms. The molecule has 1 aliphatic rings. The van der Waals surface area contributed by atoms with Crippen LogP contribution >= 0.6 is 0 Å². The van der Waals surface area contributed by atoms with Gasteiger partial charge in [0.05, 0.1) is 13.2 Å². The third-order valence-corrected chi connectivity index (χ3v) is 3.78. The van der Waals surface area contributed by atoms with E-state index in [1.54, 1.807) is 7.11 Å². The Morgan fingerprint density at radius 2 is 1.68 bits per heavy atom. The van der Waals surface area contributed by atoms with Crippen molar-refractivity contribution in [3.63, 3.8) is 0 Å². The fourth-order valence-corrected chi connectivity index (χ4v) is 2.66. The smallest absolute Gasteiger partial charge is 0.119 e. The summed E-state index contributed by atoms with van der Waals surface area (Å²) in [7, 11) is 1.72. The zero-order valence-electron chi connectivity index (χ0n) is 11.3. The summed E-state index contributed by atoms with van der Waals surface area (Å²) in [4.78, 5) is 2.52. The van der Waals surface area contributed by atoms with Gasteiger partial charge in [-0.05, 0) is 29.7 Å². The molecule has 98 valence electrons. The van der Waals surface area contributed by atoms with Gasteiger partial charge in [-0.1, -0.05) is 42.5 Å². The molecule has 0 N–H and O–H groups in total. The lowest BCUT2D eigenvalue weighted by Gasteiger charge is -2.39. The van der Waals surface area contributed by atoms with Crippen LogP contribution in [0.2, 0.25) is 0 Å². The van der Waals surface area contributed by atoms with Crippen LogP contribution in [0, 0.1) is 0 Å². The molecule has 0 aromatic heterocycles. The predicted molar refractivity (Wildman–Crippen MR) is 77.5 cm³/mol. The van der Waals surface area contributed by atoms with Crippen LogP contribution in [0.3, 0.4) is 0 Å². The monoisotopic (exact) mass is 253 g/mol. The summed E-state index contributed by atoms with van der Waals surface area (Å²) >= 11 is 0. The van der Waals surface area contributed by atoms with Gasteiger partial charge in [-0.15, -0.1) is 0 Å². The Morgan fingerprint density at radius 1 is 0.947 bits per heavy atom. The summed E-state index contributed by atoms with van der Waals surface area (Å²) in [6, 6.07) is 19.5. The van der Waals surface area contributed by atoms with E-state index in [0.29, 0.717) is 6.04 Å². The van der Waals surface area contributed by atoms with Crippen molar-refractivity contribution >= 4 is 0 Å². The summed E-state index contributed by atoms with van der Waals surface area (Å²) in [5.41, 5.74) is 2.67. The van der Waals surface area contributed by atoms with Crippen LogP contribution in [0.5, 0.6) is 5.75 Å². The molecule has 2 aromatic carbocycles. The Kier molecular flexibility index (Phi) is 3.51. The molecule has 0 amide bonds. The molecule has 19 heavy (non-hydrogen) atoms. The molecule has 2 heteroatoms. The van der Waals surface area contributed by atoms with Crippen LogP contribution in [0.1, 0.15) is 23.6 Å². The number of benzene rings is 2. The van der Waals surface area contributed by atoms with Gasteiger partial charge >= 0.3 is 0 Å². The van der Waals surface area contributed by atoms with E-state index in [-0.39, 0.29) is 0 Å². The highest BCUT2D eigenvalue weighted by Crippen LogP contribution is 2.33. The highest BCUT2D eigenvalue weighted by Gasteiger charge is 2.26. The topological polar surface area (TPSA) is 12.5 Å². The lowest BCUT2D eigenvalue weighted by molar-refractivity contribution is 0.140. The summed E-state index contributed by atoms with van der Waals surface area (Å²) in [5, 5.41) is 0. The number of rotatable bonds is 4. The van der Waals surface area contributed by atoms with Crippen molar-refractivity contribution < 1.29 is 4.74 Å². The van der Waals surface area contributed by atoms with E-state index in [0.717, 1.165) is 5.75 Å². The largest absolute Gasteiger partial charge is 0.497 e. The van der Waals surface area contributed by atoms with Gasteiger partial charge in [0.15, 0.2) is 0 Å².